The second-order valence-corrected chi connectivity index (χ2v) is 12.4. The minimum atomic E-state index is -0.484. The van der Waals surface area contributed by atoms with E-state index in [0.717, 1.165) is 77.3 Å². The van der Waals surface area contributed by atoms with Gasteiger partial charge in [-0.2, -0.15) is 0 Å². The standard InChI is InChI=1S/C36H68N6O4.4ClH/c1-3-5-7-15-25-41(35(43)31(39)19-11-13-23-37)27-17-29-45-33-21-9-10-22-34(33)46-30-18-28-42(26-16-8-6-4-2)36(44)32(40)20-12-14-24-38;;;;/h9-10,21-22,31-32H,3-8,11-20,23-30,37-40H2,1-2H3;4*1H/t31-,32-;;;;/m0..../s1. The molecule has 8 N–H and O–H groups in total. The lowest BCUT2D eigenvalue weighted by Gasteiger charge is -2.26. The first-order valence-corrected chi connectivity index (χ1v) is 18.2. The highest BCUT2D eigenvalue weighted by Gasteiger charge is 2.21. The van der Waals surface area contributed by atoms with Crippen LogP contribution < -0.4 is 32.4 Å². The highest BCUT2D eigenvalue weighted by molar-refractivity contribution is 5.86. The van der Waals surface area contributed by atoms with Gasteiger partial charge in [-0.15, -0.1) is 49.6 Å². The second kappa shape index (κ2) is 37.5. The van der Waals surface area contributed by atoms with Gasteiger partial charge in [0.15, 0.2) is 11.5 Å². The number of carbonyl (C=O) groups is 2. The van der Waals surface area contributed by atoms with Gasteiger partial charge in [0.25, 0.3) is 0 Å². The van der Waals surface area contributed by atoms with E-state index in [-0.39, 0.29) is 61.4 Å². The fourth-order valence-electron chi connectivity index (χ4n) is 5.42. The maximum Gasteiger partial charge on any atom is 0.239 e. The number of carbonyl (C=O) groups excluding carboxylic acids is 2. The summed E-state index contributed by atoms with van der Waals surface area (Å²) in [6.07, 6.45) is 15.0. The van der Waals surface area contributed by atoms with Crippen LogP contribution in [0.3, 0.4) is 0 Å². The van der Waals surface area contributed by atoms with Gasteiger partial charge in [0.05, 0.1) is 25.3 Å². The normalized spacial score (nSPS) is 11.5. The Balaban J connectivity index is -0.00000264. The summed E-state index contributed by atoms with van der Waals surface area (Å²) in [4.78, 5) is 30.0. The van der Waals surface area contributed by atoms with E-state index in [4.69, 9.17) is 32.4 Å². The predicted molar refractivity (Wildman–Crippen MR) is 219 cm³/mol. The van der Waals surface area contributed by atoms with Crippen LogP contribution in [0.5, 0.6) is 11.5 Å². The number of rotatable bonds is 30. The Labute approximate surface area is 328 Å². The molecule has 0 unspecified atom stereocenters. The zero-order valence-corrected chi connectivity index (χ0v) is 34.2. The van der Waals surface area contributed by atoms with E-state index >= 15 is 0 Å². The first kappa shape index (κ1) is 55.5. The monoisotopic (exact) mass is 792 g/mol. The number of halogens is 4. The van der Waals surface area contributed by atoms with Crippen molar-refractivity contribution in [3.8, 4) is 11.5 Å². The third-order valence-electron chi connectivity index (χ3n) is 8.27. The van der Waals surface area contributed by atoms with E-state index in [1.807, 2.05) is 34.1 Å². The summed E-state index contributed by atoms with van der Waals surface area (Å²) in [5.41, 5.74) is 23.7. The average molecular weight is 795 g/mol. The molecule has 50 heavy (non-hydrogen) atoms. The molecule has 0 heterocycles. The van der Waals surface area contributed by atoms with E-state index in [9.17, 15) is 9.59 Å². The number of ether oxygens (including phenoxy) is 2. The minimum absolute atomic E-state index is 0. The summed E-state index contributed by atoms with van der Waals surface area (Å²) < 4.78 is 12.2. The van der Waals surface area contributed by atoms with Crippen molar-refractivity contribution in [2.24, 2.45) is 22.9 Å². The van der Waals surface area contributed by atoms with Crippen molar-refractivity contribution in [2.75, 3.05) is 52.5 Å². The lowest BCUT2D eigenvalue weighted by atomic mass is 10.1. The molecule has 0 aliphatic carbocycles. The molecule has 2 atom stereocenters. The summed E-state index contributed by atoms with van der Waals surface area (Å²) >= 11 is 0. The van der Waals surface area contributed by atoms with Crippen LogP contribution in [0, 0.1) is 0 Å². The van der Waals surface area contributed by atoms with E-state index in [1.165, 1.54) is 12.8 Å². The van der Waals surface area contributed by atoms with Gasteiger partial charge >= 0.3 is 0 Å². The molecule has 0 fully saturated rings. The van der Waals surface area contributed by atoms with Crippen LogP contribution in [-0.4, -0.2) is 86.2 Å². The fraction of sp³-hybridized carbons (Fsp3) is 0.778. The number of unbranched alkanes of at least 4 members (excludes halogenated alkanes) is 8. The number of benzene rings is 1. The minimum Gasteiger partial charge on any atom is -0.490 e. The number of nitrogens with two attached hydrogens (primary N) is 4. The molecule has 0 spiro atoms. The molecule has 0 aliphatic rings. The molecule has 0 saturated heterocycles. The van der Waals surface area contributed by atoms with Crippen LogP contribution in [0.25, 0.3) is 0 Å². The molecular weight excluding hydrogens is 722 g/mol. The van der Waals surface area contributed by atoms with Crippen molar-refractivity contribution in [3.05, 3.63) is 24.3 Å². The summed E-state index contributed by atoms with van der Waals surface area (Å²) in [5, 5.41) is 0. The van der Waals surface area contributed by atoms with Crippen LogP contribution in [-0.2, 0) is 9.59 Å². The van der Waals surface area contributed by atoms with Crippen molar-refractivity contribution in [1.82, 2.24) is 9.80 Å². The molecule has 0 radical (unpaired) electrons. The zero-order chi connectivity index (χ0) is 33.8. The Morgan fingerprint density at radius 2 is 0.920 bits per heavy atom. The highest BCUT2D eigenvalue weighted by Crippen LogP contribution is 2.26. The van der Waals surface area contributed by atoms with Crippen molar-refractivity contribution in [2.45, 2.75) is 129 Å². The molecule has 14 heteroatoms. The maximum absolute atomic E-state index is 13.1. The average Bonchev–Trinajstić information content (AvgIpc) is 3.06. The van der Waals surface area contributed by atoms with E-state index in [2.05, 4.69) is 13.8 Å². The lowest BCUT2D eigenvalue weighted by molar-refractivity contribution is -0.133. The molecule has 1 rings (SSSR count). The Morgan fingerprint density at radius 1 is 0.560 bits per heavy atom. The maximum atomic E-state index is 13.1. The van der Waals surface area contributed by atoms with Crippen molar-refractivity contribution >= 4 is 61.4 Å². The topological polar surface area (TPSA) is 163 Å². The Bertz CT molecular complexity index is 854. The summed E-state index contributed by atoms with van der Waals surface area (Å²) in [5.74, 6) is 1.39. The largest absolute Gasteiger partial charge is 0.490 e. The molecular formula is C36H72Cl4N6O4. The third-order valence-corrected chi connectivity index (χ3v) is 8.27. The van der Waals surface area contributed by atoms with Crippen LogP contribution >= 0.6 is 49.6 Å². The van der Waals surface area contributed by atoms with Crippen LogP contribution in [0.4, 0.5) is 0 Å². The Morgan fingerprint density at radius 3 is 1.26 bits per heavy atom. The number of hydrogen-bond donors (Lipinski definition) is 4. The van der Waals surface area contributed by atoms with E-state index in [0.29, 0.717) is 76.6 Å². The van der Waals surface area contributed by atoms with Crippen molar-refractivity contribution < 1.29 is 19.1 Å². The van der Waals surface area contributed by atoms with Crippen LogP contribution in [0.2, 0.25) is 0 Å². The molecule has 0 aliphatic heterocycles. The van der Waals surface area contributed by atoms with Gasteiger partial charge in [0.1, 0.15) is 0 Å². The molecule has 298 valence electrons. The number of hydrogen-bond acceptors (Lipinski definition) is 8. The molecule has 10 nitrogen and oxygen atoms in total. The van der Waals surface area contributed by atoms with Gasteiger partial charge in [0, 0.05) is 26.2 Å². The van der Waals surface area contributed by atoms with Crippen LogP contribution in [0.1, 0.15) is 117 Å². The van der Waals surface area contributed by atoms with E-state index < -0.39 is 12.1 Å². The zero-order valence-electron chi connectivity index (χ0n) is 30.9. The van der Waals surface area contributed by atoms with E-state index in [1.54, 1.807) is 0 Å². The lowest BCUT2D eigenvalue weighted by Crippen LogP contribution is -2.45. The Hall–Kier alpha value is -1.24. The van der Waals surface area contributed by atoms with Gasteiger partial charge in [-0.25, -0.2) is 0 Å². The molecule has 1 aromatic rings. The SMILES string of the molecule is CCCCCCN(CCCOc1ccccc1OCCCN(CCCCCC)C(=O)[C@@H](N)CCCCN)C(=O)[C@@H](N)CCCCN.Cl.Cl.Cl.Cl. The smallest absolute Gasteiger partial charge is 0.239 e. The highest BCUT2D eigenvalue weighted by atomic mass is 35.5. The first-order valence-electron chi connectivity index (χ1n) is 18.2. The fourth-order valence-corrected chi connectivity index (χ4v) is 5.42. The quantitative estimate of drug-likeness (QED) is 0.0630. The van der Waals surface area contributed by atoms with Gasteiger partial charge < -0.3 is 42.2 Å². The Kier molecular flexibility index (Phi) is 41.7. The molecule has 0 saturated carbocycles. The first-order chi connectivity index (χ1) is 22.4. The van der Waals surface area contributed by atoms with Gasteiger partial charge in [0.2, 0.25) is 11.8 Å². The van der Waals surface area contributed by atoms with Gasteiger partial charge in [-0.3, -0.25) is 9.59 Å². The van der Waals surface area contributed by atoms with Crippen molar-refractivity contribution in [3.63, 3.8) is 0 Å². The summed E-state index contributed by atoms with van der Waals surface area (Å²) in [6.45, 7) is 9.18. The molecule has 1 aromatic carbocycles. The molecule has 2 amide bonds. The van der Waals surface area contributed by atoms with Gasteiger partial charge in [-0.1, -0.05) is 77.3 Å². The third kappa shape index (κ3) is 25.7. The number of para-hydroxylation sites is 2. The summed E-state index contributed by atoms with van der Waals surface area (Å²) in [7, 11) is 0. The molecule has 0 bridgehead atoms. The van der Waals surface area contributed by atoms with Crippen LogP contribution in [0.15, 0.2) is 24.3 Å². The second-order valence-electron chi connectivity index (χ2n) is 12.4. The number of amides is 2. The summed E-state index contributed by atoms with van der Waals surface area (Å²) in [6, 6.07) is 6.69. The number of nitrogens with zero attached hydrogens (tertiary/aromatic N) is 2. The molecule has 0 aromatic heterocycles. The predicted octanol–water partition coefficient (Wildman–Crippen LogP) is 6.64. The van der Waals surface area contributed by atoms with Crippen molar-refractivity contribution in [1.29, 1.82) is 0 Å². The van der Waals surface area contributed by atoms with Gasteiger partial charge in [-0.05, 0) is 76.6 Å².